The number of aliphatic hydroxyl groups excluding tert-OH is 1. The minimum atomic E-state index is -0.696. The van der Waals surface area contributed by atoms with Gasteiger partial charge >= 0.3 is 0 Å². The number of thiol groups is 1. The number of rotatable bonds is 3. The Balaban J connectivity index is 1.42. The maximum absolute atomic E-state index is 11.1. The summed E-state index contributed by atoms with van der Waals surface area (Å²) < 4.78 is 2.18. The van der Waals surface area contributed by atoms with E-state index >= 15 is 0 Å². The second-order valence-corrected chi connectivity index (χ2v) is 9.39. The van der Waals surface area contributed by atoms with Crippen molar-refractivity contribution in [3.63, 3.8) is 0 Å². The van der Waals surface area contributed by atoms with Crippen LogP contribution >= 0.6 is 11.1 Å². The molecule has 5 rings (SSSR count). The maximum atomic E-state index is 11.1. The van der Waals surface area contributed by atoms with E-state index in [4.69, 9.17) is 4.99 Å². The highest BCUT2D eigenvalue weighted by Gasteiger charge is 2.45. The quantitative estimate of drug-likeness (QED) is 0.842. The van der Waals surface area contributed by atoms with Crippen molar-refractivity contribution >= 4 is 21.9 Å². The van der Waals surface area contributed by atoms with Crippen LogP contribution in [0.3, 0.4) is 0 Å². The molecule has 4 atom stereocenters. The fraction of sp³-hybridized carbons (Fsp3) is 0.750. The molecule has 1 aliphatic heterocycles. The van der Waals surface area contributed by atoms with Gasteiger partial charge in [-0.05, 0) is 43.4 Å². The zero-order valence-corrected chi connectivity index (χ0v) is 13.1. The van der Waals surface area contributed by atoms with Gasteiger partial charge in [-0.25, -0.2) is 9.98 Å². The summed E-state index contributed by atoms with van der Waals surface area (Å²) in [4.78, 5) is 9.04. The lowest BCUT2D eigenvalue weighted by Gasteiger charge is -2.30. The first kappa shape index (κ1) is 12.7. The largest absolute Gasteiger partial charge is 0.382 e. The van der Waals surface area contributed by atoms with Crippen LogP contribution < -0.4 is 0 Å². The lowest BCUT2D eigenvalue weighted by Crippen LogP contribution is -2.25. The molecule has 114 valence electrons. The smallest absolute Gasteiger partial charge is 0.162 e. The molecule has 0 saturated heterocycles. The van der Waals surface area contributed by atoms with Crippen LogP contribution in [0.1, 0.15) is 44.9 Å². The number of aliphatic hydroxyl groups is 1. The molecule has 0 aromatic carbocycles. The van der Waals surface area contributed by atoms with E-state index in [-0.39, 0.29) is 5.44 Å². The molecule has 3 aliphatic carbocycles. The molecule has 0 radical (unpaired) electrons. The van der Waals surface area contributed by atoms with Crippen molar-refractivity contribution in [3.8, 4) is 0 Å². The summed E-state index contributed by atoms with van der Waals surface area (Å²) in [6.45, 7) is 0. The van der Waals surface area contributed by atoms with Crippen LogP contribution in [0.2, 0.25) is 0 Å². The first-order valence-corrected chi connectivity index (χ1v) is 9.76. The van der Waals surface area contributed by atoms with E-state index in [2.05, 4.69) is 8.96 Å². The van der Waals surface area contributed by atoms with Crippen LogP contribution in [-0.4, -0.2) is 24.5 Å². The number of aliphatic imine (C=N–C) groups is 1. The van der Waals surface area contributed by atoms with E-state index in [0.29, 0.717) is 11.8 Å². The van der Waals surface area contributed by atoms with Crippen molar-refractivity contribution in [1.29, 1.82) is 0 Å². The summed E-state index contributed by atoms with van der Waals surface area (Å²) in [5, 5.41) is 12.4. The molecule has 3 fully saturated rings. The highest BCUT2D eigenvalue weighted by molar-refractivity contribution is 8.29. The van der Waals surface area contributed by atoms with E-state index in [1.165, 1.54) is 50.0 Å². The van der Waals surface area contributed by atoms with Crippen molar-refractivity contribution < 1.29 is 5.11 Å². The van der Waals surface area contributed by atoms with Gasteiger partial charge < -0.3 is 5.11 Å². The first-order chi connectivity index (χ1) is 10.3. The Labute approximate surface area is 128 Å². The summed E-state index contributed by atoms with van der Waals surface area (Å²) in [7, 11) is 0. The highest BCUT2D eigenvalue weighted by Crippen LogP contribution is 2.57. The van der Waals surface area contributed by atoms with Gasteiger partial charge in [-0.15, -0.1) is 11.1 Å². The number of nitrogens with zero attached hydrogens (tertiary/aromatic N) is 3. The van der Waals surface area contributed by atoms with Crippen LogP contribution in [0.4, 0.5) is 5.82 Å². The Morgan fingerprint density at radius 1 is 1.19 bits per heavy atom. The number of aromatic nitrogens is 2. The van der Waals surface area contributed by atoms with Crippen LogP contribution in [-0.2, 0) is 0 Å². The molecular formula is C16H23N3OS. The fourth-order valence-corrected chi connectivity index (χ4v) is 7.46. The molecule has 4 unspecified atom stereocenters. The zero-order valence-electron chi connectivity index (χ0n) is 12.2. The molecule has 1 aromatic heterocycles. The third-order valence-corrected chi connectivity index (χ3v) is 8.57. The molecule has 5 heteroatoms. The highest BCUT2D eigenvalue weighted by atomic mass is 32.2. The van der Waals surface area contributed by atoms with Crippen molar-refractivity contribution in [3.05, 3.63) is 12.5 Å². The van der Waals surface area contributed by atoms with Gasteiger partial charge in [0.1, 0.15) is 11.8 Å². The SMILES string of the molecule is OC(C1CC2CCCC2C1)[SH]1C(C2CC2)=Nc2cncn21. The molecule has 0 spiro atoms. The molecule has 2 heterocycles. The van der Waals surface area contributed by atoms with Gasteiger partial charge in [-0.3, -0.25) is 3.97 Å². The minimum Gasteiger partial charge on any atom is -0.382 e. The number of imidazole rings is 1. The van der Waals surface area contributed by atoms with Crippen LogP contribution in [0, 0.1) is 23.7 Å². The van der Waals surface area contributed by atoms with Crippen molar-refractivity contribution in [1.82, 2.24) is 8.96 Å². The molecule has 1 aromatic rings. The molecule has 0 bridgehead atoms. The Morgan fingerprint density at radius 2 is 1.95 bits per heavy atom. The summed E-state index contributed by atoms with van der Waals surface area (Å²) in [5.41, 5.74) is -0.208. The van der Waals surface area contributed by atoms with Gasteiger partial charge in [0.15, 0.2) is 5.82 Å². The summed E-state index contributed by atoms with van der Waals surface area (Å²) in [5.74, 6) is 3.90. The number of hydrogen-bond acceptors (Lipinski definition) is 3. The minimum absolute atomic E-state index is 0.208. The van der Waals surface area contributed by atoms with E-state index in [0.717, 1.165) is 17.7 Å². The second-order valence-electron chi connectivity index (χ2n) is 7.28. The molecule has 4 aliphatic rings. The fourth-order valence-electron chi connectivity index (χ4n) is 4.74. The Kier molecular flexibility index (Phi) is 2.78. The predicted octanol–water partition coefficient (Wildman–Crippen LogP) is 3.25. The van der Waals surface area contributed by atoms with Gasteiger partial charge in [0.2, 0.25) is 0 Å². The third-order valence-electron chi connectivity index (χ3n) is 5.94. The lowest BCUT2D eigenvalue weighted by molar-refractivity contribution is 0.186. The normalized spacial score (nSPS) is 40.9. The van der Waals surface area contributed by atoms with Crippen molar-refractivity contribution in [2.45, 2.75) is 50.4 Å². The summed E-state index contributed by atoms with van der Waals surface area (Å²) in [6, 6.07) is 0. The topological polar surface area (TPSA) is 50.4 Å². The van der Waals surface area contributed by atoms with Crippen molar-refractivity contribution in [2.75, 3.05) is 0 Å². The zero-order chi connectivity index (χ0) is 14.0. The summed E-state index contributed by atoms with van der Waals surface area (Å²) >= 11 is -0.696. The molecule has 3 saturated carbocycles. The van der Waals surface area contributed by atoms with Crippen LogP contribution in [0.5, 0.6) is 0 Å². The molecule has 21 heavy (non-hydrogen) atoms. The Bertz CT molecular complexity index is 582. The average Bonchev–Trinajstić information content (AvgIpc) is 2.83. The van der Waals surface area contributed by atoms with Crippen molar-refractivity contribution in [2.24, 2.45) is 28.7 Å². The second kappa shape index (κ2) is 4.59. The molecule has 1 N–H and O–H groups in total. The number of fused-ring (bicyclic) bond motifs is 2. The maximum Gasteiger partial charge on any atom is 0.162 e. The third kappa shape index (κ3) is 1.93. The predicted molar refractivity (Wildman–Crippen MR) is 86.0 cm³/mol. The lowest BCUT2D eigenvalue weighted by atomic mass is 10.0. The molecule has 0 amide bonds. The van der Waals surface area contributed by atoms with E-state index in [9.17, 15) is 5.11 Å². The van der Waals surface area contributed by atoms with Crippen LogP contribution in [0.15, 0.2) is 17.5 Å². The van der Waals surface area contributed by atoms with E-state index in [1.54, 1.807) is 0 Å². The first-order valence-electron chi connectivity index (χ1n) is 8.40. The monoisotopic (exact) mass is 305 g/mol. The van der Waals surface area contributed by atoms with Crippen LogP contribution in [0.25, 0.3) is 0 Å². The Hall–Kier alpha value is -0.810. The average molecular weight is 305 g/mol. The standard InChI is InChI=1S/C16H23N3OS/c20-16(13-6-11-2-1-3-12(11)7-13)21-15(10-4-5-10)18-14-8-17-9-19(14)21/h8-13,16,20-21H,1-7H2. The van der Waals surface area contributed by atoms with Gasteiger partial charge in [-0.2, -0.15) is 0 Å². The number of hydrogen-bond donors (Lipinski definition) is 2. The van der Waals surface area contributed by atoms with Gasteiger partial charge in [0, 0.05) is 5.92 Å². The molecular weight excluding hydrogens is 282 g/mol. The van der Waals surface area contributed by atoms with E-state index < -0.39 is 11.1 Å². The molecule has 4 nitrogen and oxygen atoms in total. The summed E-state index contributed by atoms with van der Waals surface area (Å²) in [6.07, 6.45) is 12.9. The van der Waals surface area contributed by atoms with Gasteiger partial charge in [0.25, 0.3) is 0 Å². The Morgan fingerprint density at radius 3 is 2.67 bits per heavy atom. The van der Waals surface area contributed by atoms with Gasteiger partial charge in [-0.1, -0.05) is 19.3 Å². The van der Waals surface area contributed by atoms with E-state index in [1.807, 2.05) is 12.5 Å². The van der Waals surface area contributed by atoms with Gasteiger partial charge in [0.05, 0.1) is 11.2 Å².